The van der Waals surface area contributed by atoms with Crippen LogP contribution in [0.25, 0.3) is 0 Å². The molecule has 1 aliphatic rings. The highest BCUT2D eigenvalue weighted by Gasteiger charge is 2.31. The summed E-state index contributed by atoms with van der Waals surface area (Å²) >= 11 is 0. The van der Waals surface area contributed by atoms with Gasteiger partial charge in [-0.25, -0.2) is 4.79 Å². The molecule has 2 atom stereocenters. The number of carbonyl (C=O) groups is 1. The van der Waals surface area contributed by atoms with Gasteiger partial charge in [0.25, 0.3) is 0 Å². The second kappa shape index (κ2) is 11.7. The molecule has 1 aliphatic carbocycles. The molecule has 2 aromatic rings. The lowest BCUT2D eigenvalue weighted by Crippen LogP contribution is -2.38. The fourth-order valence-electron chi connectivity index (χ4n) is 4.55. The van der Waals surface area contributed by atoms with Crippen molar-refractivity contribution in [3.05, 3.63) is 70.8 Å². The molecule has 32 heavy (non-hydrogen) atoms. The Morgan fingerprint density at radius 1 is 1.03 bits per heavy atom. The molecule has 0 aliphatic heterocycles. The highest BCUT2D eigenvalue weighted by Crippen LogP contribution is 2.28. The zero-order valence-corrected chi connectivity index (χ0v) is 20.4. The van der Waals surface area contributed by atoms with Gasteiger partial charge < -0.3 is 9.47 Å². The van der Waals surface area contributed by atoms with Crippen molar-refractivity contribution in [2.75, 3.05) is 6.61 Å². The van der Waals surface area contributed by atoms with Gasteiger partial charge in [-0.3, -0.25) is 0 Å². The number of aryl methyl sites for hydroxylation is 1. The smallest absolute Gasteiger partial charge is 0.340 e. The van der Waals surface area contributed by atoms with E-state index in [1.165, 1.54) is 43.2 Å². The quantitative estimate of drug-likeness (QED) is 0.284. The highest BCUT2D eigenvalue weighted by atomic mass is 16.7. The van der Waals surface area contributed by atoms with Crippen LogP contribution in [0.15, 0.2) is 48.5 Å². The molecule has 0 radical (unpaired) electrons. The van der Waals surface area contributed by atoms with Crippen LogP contribution < -0.4 is 0 Å². The van der Waals surface area contributed by atoms with Crippen LogP contribution in [0.4, 0.5) is 0 Å². The van der Waals surface area contributed by atoms with Crippen molar-refractivity contribution in [1.82, 2.24) is 0 Å². The zero-order chi connectivity index (χ0) is 23.0. The Labute approximate surface area is 194 Å². The van der Waals surface area contributed by atoms with Crippen molar-refractivity contribution in [3.63, 3.8) is 0 Å². The van der Waals surface area contributed by atoms with E-state index in [9.17, 15) is 4.79 Å². The van der Waals surface area contributed by atoms with E-state index in [1.807, 2.05) is 31.2 Å². The number of esters is 1. The van der Waals surface area contributed by atoms with Gasteiger partial charge in [0.2, 0.25) is 5.79 Å². The Morgan fingerprint density at radius 2 is 1.69 bits per heavy atom. The summed E-state index contributed by atoms with van der Waals surface area (Å²) in [5.41, 5.74) is 4.14. The Morgan fingerprint density at radius 3 is 2.31 bits per heavy atom. The number of carbonyl (C=O) groups excluding carboxylic acids is 1. The van der Waals surface area contributed by atoms with Crippen molar-refractivity contribution < 1.29 is 14.3 Å². The van der Waals surface area contributed by atoms with E-state index >= 15 is 0 Å². The fraction of sp³-hybridized carbons (Fsp3) is 0.552. The summed E-state index contributed by atoms with van der Waals surface area (Å²) < 4.78 is 12.3. The van der Waals surface area contributed by atoms with Crippen molar-refractivity contribution in [1.29, 1.82) is 0 Å². The van der Waals surface area contributed by atoms with Gasteiger partial charge >= 0.3 is 5.97 Å². The second-order valence-corrected chi connectivity index (χ2v) is 9.76. The van der Waals surface area contributed by atoms with Crippen LogP contribution >= 0.6 is 0 Å². The molecule has 3 rings (SSSR count). The molecule has 0 N–H and O–H groups in total. The number of benzene rings is 2. The third kappa shape index (κ3) is 7.20. The summed E-state index contributed by atoms with van der Waals surface area (Å²) in [5.74, 6) is -0.102. The van der Waals surface area contributed by atoms with Gasteiger partial charge in [-0.05, 0) is 54.9 Å². The SMILES string of the molecule is CCC(C)c1ccc(C(=O)OC(C)(Cc2ccc(C)cc2)OCCC2CCCCC2)cc1. The zero-order valence-electron chi connectivity index (χ0n) is 20.4. The summed E-state index contributed by atoms with van der Waals surface area (Å²) in [4.78, 5) is 13.0. The van der Waals surface area contributed by atoms with Crippen molar-refractivity contribution in [3.8, 4) is 0 Å². The van der Waals surface area contributed by atoms with E-state index in [0.717, 1.165) is 24.3 Å². The Balaban J connectivity index is 1.68. The van der Waals surface area contributed by atoms with Crippen LogP contribution in [-0.4, -0.2) is 18.4 Å². The molecule has 2 aromatic carbocycles. The van der Waals surface area contributed by atoms with Crippen molar-refractivity contribution >= 4 is 5.97 Å². The summed E-state index contributed by atoms with van der Waals surface area (Å²) in [5, 5.41) is 0. The Hall–Kier alpha value is -2.13. The lowest BCUT2D eigenvalue weighted by atomic mass is 9.87. The lowest BCUT2D eigenvalue weighted by Gasteiger charge is -2.31. The molecule has 0 saturated heterocycles. The first-order valence-electron chi connectivity index (χ1n) is 12.4. The molecule has 1 fully saturated rings. The average molecular weight is 437 g/mol. The van der Waals surface area contributed by atoms with Crippen LogP contribution in [0.2, 0.25) is 0 Å². The molecule has 0 amide bonds. The molecular weight excluding hydrogens is 396 g/mol. The normalized spacial score (nSPS) is 17.5. The van der Waals surface area contributed by atoms with Gasteiger partial charge in [-0.1, -0.05) is 87.9 Å². The number of rotatable bonds is 10. The van der Waals surface area contributed by atoms with Gasteiger partial charge in [-0.15, -0.1) is 0 Å². The first kappa shape index (κ1) is 24.5. The second-order valence-electron chi connectivity index (χ2n) is 9.76. The van der Waals surface area contributed by atoms with E-state index in [2.05, 4.69) is 45.0 Å². The van der Waals surface area contributed by atoms with Crippen LogP contribution in [0.1, 0.15) is 98.7 Å². The van der Waals surface area contributed by atoms with Crippen molar-refractivity contribution in [2.24, 2.45) is 5.92 Å². The lowest BCUT2D eigenvalue weighted by molar-refractivity contribution is -0.193. The summed E-state index contributed by atoms with van der Waals surface area (Å²) in [7, 11) is 0. The molecule has 0 spiro atoms. The van der Waals surface area contributed by atoms with Crippen LogP contribution in [0.3, 0.4) is 0 Å². The van der Waals surface area contributed by atoms with Gasteiger partial charge in [0.1, 0.15) is 0 Å². The predicted octanol–water partition coefficient (Wildman–Crippen LogP) is 7.61. The van der Waals surface area contributed by atoms with E-state index in [4.69, 9.17) is 9.47 Å². The highest BCUT2D eigenvalue weighted by molar-refractivity contribution is 5.89. The average Bonchev–Trinajstić information content (AvgIpc) is 2.81. The van der Waals surface area contributed by atoms with Gasteiger partial charge in [0, 0.05) is 13.3 Å². The van der Waals surface area contributed by atoms with Crippen LogP contribution in [-0.2, 0) is 15.9 Å². The molecule has 0 heterocycles. The van der Waals surface area contributed by atoms with E-state index in [1.54, 1.807) is 0 Å². The molecule has 3 nitrogen and oxygen atoms in total. The largest absolute Gasteiger partial charge is 0.429 e. The molecule has 174 valence electrons. The maximum absolute atomic E-state index is 13.0. The van der Waals surface area contributed by atoms with Gasteiger partial charge in [-0.2, -0.15) is 0 Å². The summed E-state index contributed by atoms with van der Waals surface area (Å²) in [6, 6.07) is 16.2. The first-order valence-corrected chi connectivity index (χ1v) is 12.4. The minimum atomic E-state index is -0.990. The van der Waals surface area contributed by atoms with Crippen molar-refractivity contribution in [2.45, 2.75) is 90.8 Å². The standard InChI is InChI=1S/C29H40O3/c1-5-23(3)26-15-17-27(18-16-26)28(30)32-29(4,21-25-13-11-22(2)12-14-25)31-20-19-24-9-7-6-8-10-24/h11-18,23-24H,5-10,19-21H2,1-4H3. The predicted molar refractivity (Wildman–Crippen MR) is 131 cm³/mol. The maximum atomic E-state index is 13.0. The minimum absolute atomic E-state index is 0.326. The first-order chi connectivity index (χ1) is 15.4. The van der Waals surface area contributed by atoms with Crippen LogP contribution in [0, 0.1) is 12.8 Å². The third-order valence-electron chi connectivity index (χ3n) is 6.94. The third-order valence-corrected chi connectivity index (χ3v) is 6.94. The number of hydrogen-bond acceptors (Lipinski definition) is 3. The maximum Gasteiger partial charge on any atom is 0.340 e. The Kier molecular flexibility index (Phi) is 8.92. The number of hydrogen-bond donors (Lipinski definition) is 0. The van der Waals surface area contributed by atoms with Gasteiger partial charge in [0.15, 0.2) is 0 Å². The van der Waals surface area contributed by atoms with E-state index in [0.29, 0.717) is 24.5 Å². The Bertz CT molecular complexity index is 834. The van der Waals surface area contributed by atoms with Gasteiger partial charge in [0.05, 0.1) is 12.2 Å². The molecule has 0 aromatic heterocycles. The minimum Gasteiger partial charge on any atom is -0.429 e. The molecule has 0 bridgehead atoms. The topological polar surface area (TPSA) is 35.5 Å². The molecular formula is C29H40O3. The van der Waals surface area contributed by atoms with E-state index < -0.39 is 5.79 Å². The fourth-order valence-corrected chi connectivity index (χ4v) is 4.55. The van der Waals surface area contributed by atoms with E-state index in [-0.39, 0.29) is 5.97 Å². The van der Waals surface area contributed by atoms with Crippen LogP contribution in [0.5, 0.6) is 0 Å². The molecule has 2 unspecified atom stereocenters. The summed E-state index contributed by atoms with van der Waals surface area (Å²) in [6.45, 7) is 8.97. The number of ether oxygens (including phenoxy) is 2. The monoisotopic (exact) mass is 436 g/mol. The molecule has 3 heteroatoms. The summed E-state index contributed by atoms with van der Waals surface area (Å²) in [6.07, 6.45) is 9.24. The molecule has 1 saturated carbocycles.